The third-order valence-corrected chi connectivity index (χ3v) is 4.79. The van der Waals surface area contributed by atoms with Crippen molar-refractivity contribution < 1.29 is 19.1 Å². The Morgan fingerprint density at radius 1 is 1.00 bits per heavy atom. The van der Waals surface area contributed by atoms with Crippen molar-refractivity contribution in [2.24, 2.45) is 5.41 Å². The Morgan fingerprint density at radius 2 is 1.67 bits per heavy atom. The molecular formula is C23H24O4. The zero-order valence-corrected chi connectivity index (χ0v) is 16.2. The van der Waals surface area contributed by atoms with Crippen LogP contribution in [0.25, 0.3) is 5.57 Å². The normalized spacial score (nSPS) is 16.2. The molecule has 0 unspecified atom stereocenters. The highest BCUT2D eigenvalue weighted by Gasteiger charge is 2.36. The van der Waals surface area contributed by atoms with E-state index < -0.39 is 5.97 Å². The van der Waals surface area contributed by atoms with E-state index in [2.05, 4.69) is 0 Å². The molecule has 0 bridgehead atoms. The molecule has 27 heavy (non-hydrogen) atoms. The summed E-state index contributed by atoms with van der Waals surface area (Å²) in [6.07, 6.45) is 0.963. The molecule has 2 aromatic rings. The first-order valence-corrected chi connectivity index (χ1v) is 8.99. The number of Topliss-reactive ketones (excluding diaryl/α,β-unsaturated/α-hetero) is 1. The molecule has 140 valence electrons. The molecule has 0 spiro atoms. The van der Waals surface area contributed by atoms with Gasteiger partial charge in [0.2, 0.25) is 0 Å². The lowest BCUT2D eigenvalue weighted by atomic mass is 9.74. The van der Waals surface area contributed by atoms with Crippen LogP contribution in [0.15, 0.2) is 54.3 Å². The SMILES string of the molecule is COc1ccc(C(=O)OC2=C(c3ccccc3C)C(=O)CC(C)(C)C2)cc1. The zero-order chi connectivity index (χ0) is 19.6. The first kappa shape index (κ1) is 18.9. The summed E-state index contributed by atoms with van der Waals surface area (Å²) in [6, 6.07) is 14.4. The van der Waals surface area contributed by atoms with E-state index in [9.17, 15) is 9.59 Å². The smallest absolute Gasteiger partial charge is 0.343 e. The molecule has 0 radical (unpaired) electrons. The molecule has 4 nitrogen and oxygen atoms in total. The number of hydrogen-bond acceptors (Lipinski definition) is 4. The van der Waals surface area contributed by atoms with Crippen molar-refractivity contribution in [2.45, 2.75) is 33.6 Å². The number of ether oxygens (including phenoxy) is 2. The van der Waals surface area contributed by atoms with Gasteiger partial charge in [-0.25, -0.2) is 4.79 Å². The number of carbonyl (C=O) groups is 2. The molecule has 0 fully saturated rings. The van der Waals surface area contributed by atoms with Crippen LogP contribution in [0, 0.1) is 12.3 Å². The van der Waals surface area contributed by atoms with Gasteiger partial charge >= 0.3 is 5.97 Å². The van der Waals surface area contributed by atoms with Crippen molar-refractivity contribution in [2.75, 3.05) is 7.11 Å². The number of esters is 1. The van der Waals surface area contributed by atoms with Gasteiger partial charge in [0.05, 0.1) is 18.2 Å². The van der Waals surface area contributed by atoms with Crippen molar-refractivity contribution in [3.05, 3.63) is 71.0 Å². The molecule has 0 saturated carbocycles. The van der Waals surface area contributed by atoms with Crippen molar-refractivity contribution in [3.8, 4) is 5.75 Å². The second-order valence-electron chi connectivity index (χ2n) is 7.67. The van der Waals surface area contributed by atoms with Crippen molar-refractivity contribution in [3.63, 3.8) is 0 Å². The Labute approximate surface area is 159 Å². The molecule has 2 aromatic carbocycles. The van der Waals surface area contributed by atoms with Gasteiger partial charge in [0.25, 0.3) is 0 Å². The molecule has 0 heterocycles. The summed E-state index contributed by atoms with van der Waals surface area (Å²) in [4.78, 5) is 25.6. The molecule has 3 rings (SSSR count). The lowest BCUT2D eigenvalue weighted by Gasteiger charge is -2.31. The van der Waals surface area contributed by atoms with E-state index in [1.165, 1.54) is 0 Å². The summed E-state index contributed by atoms with van der Waals surface area (Å²) in [7, 11) is 1.57. The number of aryl methyl sites for hydroxylation is 1. The molecule has 0 amide bonds. The molecule has 0 aliphatic heterocycles. The average molecular weight is 364 g/mol. The summed E-state index contributed by atoms with van der Waals surface area (Å²) in [5.41, 5.74) is 2.50. The van der Waals surface area contributed by atoms with Gasteiger partial charge in [0.1, 0.15) is 11.5 Å². The van der Waals surface area contributed by atoms with E-state index in [-0.39, 0.29) is 11.2 Å². The predicted octanol–water partition coefficient (Wildman–Crippen LogP) is 4.96. The lowest BCUT2D eigenvalue weighted by molar-refractivity contribution is -0.116. The lowest BCUT2D eigenvalue weighted by Crippen LogP contribution is -2.27. The average Bonchev–Trinajstić information content (AvgIpc) is 2.62. The molecule has 4 heteroatoms. The number of ketones is 1. The topological polar surface area (TPSA) is 52.6 Å². The summed E-state index contributed by atoms with van der Waals surface area (Å²) < 4.78 is 10.9. The molecule has 0 saturated heterocycles. The summed E-state index contributed by atoms with van der Waals surface area (Å²) in [5.74, 6) is 0.661. The largest absolute Gasteiger partial charge is 0.497 e. The summed E-state index contributed by atoms with van der Waals surface area (Å²) in [5, 5.41) is 0. The Bertz CT molecular complexity index is 904. The van der Waals surface area contributed by atoms with E-state index in [1.54, 1.807) is 31.4 Å². The van der Waals surface area contributed by atoms with E-state index in [0.29, 0.717) is 35.5 Å². The minimum absolute atomic E-state index is 0.0121. The Balaban J connectivity index is 2.00. The Morgan fingerprint density at radius 3 is 2.30 bits per heavy atom. The Kier molecular flexibility index (Phi) is 5.17. The second-order valence-corrected chi connectivity index (χ2v) is 7.67. The number of benzene rings is 2. The molecule has 1 aliphatic carbocycles. The quantitative estimate of drug-likeness (QED) is 0.720. The van der Waals surface area contributed by atoms with Crippen LogP contribution < -0.4 is 4.74 Å². The van der Waals surface area contributed by atoms with Gasteiger partial charge in [-0.1, -0.05) is 38.1 Å². The summed E-state index contributed by atoms with van der Waals surface area (Å²) >= 11 is 0. The minimum Gasteiger partial charge on any atom is -0.497 e. The van der Waals surface area contributed by atoms with Crippen LogP contribution in [0.1, 0.15) is 48.2 Å². The molecule has 0 aromatic heterocycles. The Hall–Kier alpha value is -2.88. The van der Waals surface area contributed by atoms with Gasteiger partial charge in [-0.2, -0.15) is 0 Å². The zero-order valence-electron chi connectivity index (χ0n) is 16.2. The van der Waals surface area contributed by atoms with E-state index >= 15 is 0 Å². The number of rotatable bonds is 4. The number of hydrogen-bond donors (Lipinski definition) is 0. The monoisotopic (exact) mass is 364 g/mol. The summed E-state index contributed by atoms with van der Waals surface area (Å²) in [6.45, 7) is 5.99. The molecular weight excluding hydrogens is 340 g/mol. The fraction of sp³-hybridized carbons (Fsp3) is 0.304. The first-order valence-electron chi connectivity index (χ1n) is 8.99. The van der Waals surface area contributed by atoms with Gasteiger partial charge in [-0.05, 0) is 47.7 Å². The molecule has 0 N–H and O–H groups in total. The van der Waals surface area contributed by atoms with E-state index in [1.807, 2.05) is 45.0 Å². The third-order valence-electron chi connectivity index (χ3n) is 4.79. The minimum atomic E-state index is -0.468. The van der Waals surface area contributed by atoms with Crippen molar-refractivity contribution in [1.29, 1.82) is 0 Å². The maximum absolute atomic E-state index is 12.9. The van der Waals surface area contributed by atoms with Crippen molar-refractivity contribution >= 4 is 17.3 Å². The van der Waals surface area contributed by atoms with Gasteiger partial charge in [0.15, 0.2) is 5.78 Å². The van der Waals surface area contributed by atoms with E-state index in [0.717, 1.165) is 11.1 Å². The van der Waals surface area contributed by atoms with Gasteiger partial charge in [0, 0.05) is 12.8 Å². The van der Waals surface area contributed by atoms with Crippen LogP contribution in [0.4, 0.5) is 0 Å². The van der Waals surface area contributed by atoms with Gasteiger partial charge in [-0.3, -0.25) is 4.79 Å². The predicted molar refractivity (Wildman–Crippen MR) is 105 cm³/mol. The maximum atomic E-state index is 12.9. The van der Waals surface area contributed by atoms with Crippen LogP contribution in [-0.4, -0.2) is 18.9 Å². The van der Waals surface area contributed by atoms with Crippen LogP contribution in [0.5, 0.6) is 5.75 Å². The molecule has 1 aliphatic rings. The maximum Gasteiger partial charge on any atom is 0.343 e. The van der Waals surface area contributed by atoms with Crippen LogP contribution in [0.2, 0.25) is 0 Å². The van der Waals surface area contributed by atoms with Crippen molar-refractivity contribution in [1.82, 2.24) is 0 Å². The molecule has 0 atom stereocenters. The van der Waals surface area contributed by atoms with Gasteiger partial charge in [-0.15, -0.1) is 0 Å². The first-order chi connectivity index (χ1) is 12.8. The fourth-order valence-electron chi connectivity index (χ4n) is 3.40. The van der Waals surface area contributed by atoms with Gasteiger partial charge < -0.3 is 9.47 Å². The fourth-order valence-corrected chi connectivity index (χ4v) is 3.40. The number of methoxy groups -OCH3 is 1. The number of carbonyl (C=O) groups excluding carboxylic acids is 2. The van der Waals surface area contributed by atoms with Crippen LogP contribution >= 0.6 is 0 Å². The third kappa shape index (κ3) is 4.11. The highest BCUT2D eigenvalue weighted by atomic mass is 16.5. The standard InChI is InChI=1S/C23H24O4/c1-15-7-5-6-8-18(15)21-19(24)13-23(2,3)14-20(21)27-22(25)16-9-11-17(26-4)12-10-16/h5-12H,13-14H2,1-4H3. The highest BCUT2D eigenvalue weighted by molar-refractivity contribution is 6.23. The van der Waals surface area contributed by atoms with Crippen LogP contribution in [-0.2, 0) is 9.53 Å². The van der Waals surface area contributed by atoms with E-state index in [4.69, 9.17) is 9.47 Å². The number of allylic oxidation sites excluding steroid dienone is 2. The van der Waals surface area contributed by atoms with Crippen LogP contribution in [0.3, 0.4) is 0 Å². The highest BCUT2D eigenvalue weighted by Crippen LogP contribution is 2.41. The second kappa shape index (κ2) is 7.39.